The van der Waals surface area contributed by atoms with Crippen LogP contribution in [0.2, 0.25) is 0 Å². The Labute approximate surface area is 88.9 Å². The molecule has 1 aromatic rings. The van der Waals surface area contributed by atoms with E-state index in [1.165, 1.54) is 0 Å². The summed E-state index contributed by atoms with van der Waals surface area (Å²) in [5.41, 5.74) is 6.70. The van der Waals surface area contributed by atoms with Gasteiger partial charge in [-0.25, -0.2) is 0 Å². The highest BCUT2D eigenvalue weighted by atomic mass is 16.2. The Morgan fingerprint density at radius 1 is 1.33 bits per heavy atom. The number of carbonyl (C=O) groups excluding carboxylic acids is 1. The molecule has 1 unspecified atom stereocenters. The normalized spacial score (nSPS) is 24.0. The zero-order valence-electron chi connectivity index (χ0n) is 8.71. The van der Waals surface area contributed by atoms with E-state index in [0.29, 0.717) is 13.0 Å². The second-order valence-electron chi connectivity index (χ2n) is 4.00. The first kappa shape index (κ1) is 9.98. The van der Waals surface area contributed by atoms with E-state index in [2.05, 4.69) is 10.6 Å². The molecule has 0 saturated heterocycles. The molecule has 0 aromatic heterocycles. The Kier molecular flexibility index (Phi) is 2.36. The highest BCUT2D eigenvalue weighted by Gasteiger charge is 2.36. The van der Waals surface area contributed by atoms with Gasteiger partial charge in [-0.15, -0.1) is 0 Å². The van der Waals surface area contributed by atoms with E-state index in [1.807, 2.05) is 31.2 Å². The van der Waals surface area contributed by atoms with Gasteiger partial charge in [0, 0.05) is 0 Å². The van der Waals surface area contributed by atoms with Crippen LogP contribution in [0.1, 0.15) is 13.3 Å². The van der Waals surface area contributed by atoms with Crippen LogP contribution in [-0.4, -0.2) is 18.0 Å². The minimum absolute atomic E-state index is 0.0216. The van der Waals surface area contributed by atoms with Crippen LogP contribution in [0.4, 0.5) is 11.4 Å². The number of anilines is 2. The van der Waals surface area contributed by atoms with Crippen molar-refractivity contribution in [3.05, 3.63) is 24.3 Å². The van der Waals surface area contributed by atoms with Crippen LogP contribution in [-0.2, 0) is 4.79 Å². The van der Waals surface area contributed by atoms with Crippen LogP contribution in [0.3, 0.4) is 0 Å². The van der Waals surface area contributed by atoms with E-state index >= 15 is 0 Å². The van der Waals surface area contributed by atoms with Crippen molar-refractivity contribution in [1.82, 2.24) is 0 Å². The lowest BCUT2D eigenvalue weighted by Gasteiger charge is -2.35. The van der Waals surface area contributed by atoms with Crippen molar-refractivity contribution in [2.45, 2.75) is 18.9 Å². The summed E-state index contributed by atoms with van der Waals surface area (Å²) in [6.45, 7) is 2.35. The van der Waals surface area contributed by atoms with E-state index in [9.17, 15) is 4.79 Å². The van der Waals surface area contributed by atoms with Crippen molar-refractivity contribution in [3.63, 3.8) is 0 Å². The zero-order chi connectivity index (χ0) is 10.9. The van der Waals surface area contributed by atoms with Crippen LogP contribution in [0.15, 0.2) is 24.3 Å². The molecule has 0 spiro atoms. The third-order valence-corrected chi connectivity index (χ3v) is 2.73. The monoisotopic (exact) mass is 205 g/mol. The van der Waals surface area contributed by atoms with Gasteiger partial charge in [0.2, 0.25) is 5.91 Å². The molecule has 1 heterocycles. The topological polar surface area (TPSA) is 67.2 Å². The van der Waals surface area contributed by atoms with Crippen molar-refractivity contribution in [1.29, 1.82) is 0 Å². The third kappa shape index (κ3) is 1.68. The van der Waals surface area contributed by atoms with Crippen molar-refractivity contribution in [3.8, 4) is 0 Å². The van der Waals surface area contributed by atoms with Crippen LogP contribution in [0.5, 0.6) is 0 Å². The molecule has 4 nitrogen and oxygen atoms in total. The largest absolute Gasteiger partial charge is 0.370 e. The molecule has 1 aliphatic rings. The van der Waals surface area contributed by atoms with Gasteiger partial charge in [-0.1, -0.05) is 12.1 Å². The van der Waals surface area contributed by atoms with Gasteiger partial charge in [-0.3, -0.25) is 4.79 Å². The van der Waals surface area contributed by atoms with E-state index in [4.69, 9.17) is 5.73 Å². The summed E-state index contributed by atoms with van der Waals surface area (Å²) in [5.74, 6) is -0.0216. The SMILES string of the molecule is CC1(CCN)Nc2ccccc2NC1=O. The van der Waals surface area contributed by atoms with Gasteiger partial charge in [-0.05, 0) is 32.0 Å². The summed E-state index contributed by atoms with van der Waals surface area (Å²) in [6.07, 6.45) is 0.618. The van der Waals surface area contributed by atoms with Gasteiger partial charge in [0.15, 0.2) is 0 Å². The second kappa shape index (κ2) is 3.55. The number of fused-ring (bicyclic) bond motifs is 1. The molecule has 0 bridgehead atoms. The maximum Gasteiger partial charge on any atom is 0.249 e. The lowest BCUT2D eigenvalue weighted by molar-refractivity contribution is -0.120. The Hall–Kier alpha value is -1.55. The number of para-hydroxylation sites is 2. The fourth-order valence-corrected chi connectivity index (χ4v) is 1.78. The first-order valence-electron chi connectivity index (χ1n) is 5.04. The minimum atomic E-state index is -0.594. The first-order chi connectivity index (χ1) is 7.15. The first-order valence-corrected chi connectivity index (χ1v) is 5.04. The fourth-order valence-electron chi connectivity index (χ4n) is 1.78. The van der Waals surface area contributed by atoms with E-state index in [-0.39, 0.29) is 5.91 Å². The summed E-state index contributed by atoms with van der Waals surface area (Å²) in [5, 5.41) is 6.11. The molecule has 1 aromatic carbocycles. The predicted molar refractivity (Wildman–Crippen MR) is 60.8 cm³/mol. The highest BCUT2D eigenvalue weighted by molar-refractivity contribution is 6.05. The molecule has 4 heteroatoms. The molecule has 0 saturated carbocycles. The van der Waals surface area contributed by atoms with Crippen LogP contribution in [0.25, 0.3) is 0 Å². The summed E-state index contributed by atoms with van der Waals surface area (Å²) in [7, 11) is 0. The lowest BCUT2D eigenvalue weighted by atomic mass is 9.93. The van der Waals surface area contributed by atoms with Crippen molar-refractivity contribution in [2.75, 3.05) is 17.2 Å². The maximum atomic E-state index is 11.8. The molecular weight excluding hydrogens is 190 g/mol. The second-order valence-corrected chi connectivity index (χ2v) is 4.00. The number of nitrogens with two attached hydrogens (primary N) is 1. The molecule has 1 amide bonds. The molecule has 0 fully saturated rings. The van der Waals surface area contributed by atoms with E-state index < -0.39 is 5.54 Å². The molecule has 4 N–H and O–H groups in total. The summed E-state index contributed by atoms with van der Waals surface area (Å²) in [4.78, 5) is 11.8. The van der Waals surface area contributed by atoms with Crippen molar-refractivity contribution < 1.29 is 4.79 Å². The molecule has 0 radical (unpaired) electrons. The molecule has 2 rings (SSSR count). The van der Waals surface area contributed by atoms with Gasteiger partial charge in [-0.2, -0.15) is 0 Å². The highest BCUT2D eigenvalue weighted by Crippen LogP contribution is 2.31. The number of rotatable bonds is 2. The van der Waals surface area contributed by atoms with Crippen LogP contribution >= 0.6 is 0 Å². The smallest absolute Gasteiger partial charge is 0.249 e. The summed E-state index contributed by atoms with van der Waals surface area (Å²) in [6, 6.07) is 7.66. The van der Waals surface area contributed by atoms with Gasteiger partial charge >= 0.3 is 0 Å². The molecular formula is C11H15N3O. The summed E-state index contributed by atoms with van der Waals surface area (Å²) < 4.78 is 0. The quantitative estimate of drug-likeness (QED) is 0.678. The molecule has 15 heavy (non-hydrogen) atoms. The molecule has 1 aliphatic heterocycles. The van der Waals surface area contributed by atoms with Gasteiger partial charge < -0.3 is 16.4 Å². The van der Waals surface area contributed by atoms with E-state index in [0.717, 1.165) is 11.4 Å². The number of hydrogen-bond donors (Lipinski definition) is 3. The Balaban J connectivity index is 2.33. The molecule has 0 aliphatic carbocycles. The van der Waals surface area contributed by atoms with Crippen molar-refractivity contribution in [2.24, 2.45) is 5.73 Å². The molecule has 80 valence electrons. The van der Waals surface area contributed by atoms with E-state index in [1.54, 1.807) is 0 Å². The number of amides is 1. The minimum Gasteiger partial charge on any atom is -0.370 e. The zero-order valence-corrected chi connectivity index (χ0v) is 8.71. The number of carbonyl (C=O) groups is 1. The number of benzene rings is 1. The predicted octanol–water partition coefficient (Wildman–Crippen LogP) is 1.16. The fraction of sp³-hybridized carbons (Fsp3) is 0.364. The standard InChI is InChI=1S/C11H15N3O/c1-11(6-7-12)10(15)13-8-4-2-3-5-9(8)14-11/h2-5,14H,6-7,12H2,1H3,(H,13,15). The average Bonchev–Trinajstić information content (AvgIpc) is 2.20. The summed E-state index contributed by atoms with van der Waals surface area (Å²) >= 11 is 0. The van der Waals surface area contributed by atoms with Gasteiger partial charge in [0.25, 0.3) is 0 Å². The molecule has 1 atom stereocenters. The van der Waals surface area contributed by atoms with Crippen LogP contribution < -0.4 is 16.4 Å². The van der Waals surface area contributed by atoms with Gasteiger partial charge in [0.1, 0.15) is 5.54 Å². The average molecular weight is 205 g/mol. The van der Waals surface area contributed by atoms with Crippen molar-refractivity contribution >= 4 is 17.3 Å². The van der Waals surface area contributed by atoms with Gasteiger partial charge in [0.05, 0.1) is 11.4 Å². The number of nitrogens with one attached hydrogen (secondary N) is 2. The third-order valence-electron chi connectivity index (χ3n) is 2.73. The maximum absolute atomic E-state index is 11.8. The Morgan fingerprint density at radius 3 is 2.67 bits per heavy atom. The Bertz CT molecular complexity index is 391. The Morgan fingerprint density at radius 2 is 2.00 bits per heavy atom. The lowest BCUT2D eigenvalue weighted by Crippen LogP contribution is -2.51. The number of hydrogen-bond acceptors (Lipinski definition) is 3. The van der Waals surface area contributed by atoms with Crippen LogP contribution in [0, 0.1) is 0 Å².